The van der Waals surface area contributed by atoms with Crippen LogP contribution in [0.1, 0.15) is 52.9 Å². The van der Waals surface area contributed by atoms with Crippen LogP contribution in [0.4, 0.5) is 0 Å². The number of unbranched alkanes of at least 4 members (excludes halogenated alkanes) is 4. The molecule has 0 bridgehead atoms. The molecule has 0 aromatic heterocycles. The number of hydrogen-bond donors (Lipinski definition) is 1. The molecule has 98 valence electrons. The van der Waals surface area contributed by atoms with Crippen LogP contribution in [-0.4, -0.2) is 29.7 Å². The van der Waals surface area contributed by atoms with Crippen molar-refractivity contribution in [2.24, 2.45) is 0 Å². The minimum absolute atomic E-state index is 0.312. The van der Waals surface area contributed by atoms with Gasteiger partial charge in [0.25, 0.3) is 0 Å². The van der Waals surface area contributed by atoms with Crippen LogP contribution in [0.2, 0.25) is 0 Å². The van der Waals surface area contributed by atoms with E-state index in [2.05, 4.69) is 18.8 Å². The lowest BCUT2D eigenvalue weighted by molar-refractivity contribution is -0.146. The predicted molar refractivity (Wildman–Crippen MR) is 67.4 cm³/mol. The number of hydrogen-bond acceptors (Lipinski definition) is 3. The van der Waals surface area contributed by atoms with Gasteiger partial charge in [0, 0.05) is 6.42 Å². The summed E-state index contributed by atoms with van der Waals surface area (Å²) in [5, 5.41) is 9.81. The van der Waals surface area contributed by atoms with E-state index in [9.17, 15) is 5.11 Å². The maximum absolute atomic E-state index is 9.81. The van der Waals surface area contributed by atoms with Gasteiger partial charge in [0.15, 0.2) is 5.79 Å². The second-order valence-electron chi connectivity index (χ2n) is 4.94. The second kappa shape index (κ2) is 7.00. The predicted octanol–water partition coefficient (Wildman–Crippen LogP) is 2.47. The fraction of sp³-hybridized carbons (Fsp3) is 0.857. The number of aliphatic hydroxyl groups is 1. The van der Waals surface area contributed by atoms with E-state index in [4.69, 9.17) is 9.47 Å². The third kappa shape index (κ3) is 5.54. The lowest BCUT2D eigenvalue weighted by atomic mass is 10.1. The molecule has 2 atom stereocenters. The molecule has 1 aliphatic heterocycles. The van der Waals surface area contributed by atoms with E-state index in [1.54, 1.807) is 0 Å². The Kier molecular flexibility index (Phi) is 5.97. The van der Waals surface area contributed by atoms with Crippen molar-refractivity contribution in [3.63, 3.8) is 0 Å². The summed E-state index contributed by atoms with van der Waals surface area (Å²) in [4.78, 5) is 0. The fourth-order valence-corrected chi connectivity index (χ4v) is 1.78. The summed E-state index contributed by atoms with van der Waals surface area (Å²) < 4.78 is 10.9. The molecule has 1 N–H and O–H groups in total. The number of ether oxygens (including phenoxy) is 2. The summed E-state index contributed by atoms with van der Waals surface area (Å²) in [5.74, 6) is 5.26. The molecule has 3 heteroatoms. The van der Waals surface area contributed by atoms with Gasteiger partial charge in [0.05, 0.1) is 6.61 Å². The maximum Gasteiger partial charge on any atom is 0.163 e. The molecule has 1 heterocycles. The SMILES string of the molecule is CCCCCCC#CC(O)[C@H]1COC(C)(C)O1. The average Bonchev–Trinajstić information content (AvgIpc) is 2.64. The van der Waals surface area contributed by atoms with Crippen LogP contribution in [0, 0.1) is 11.8 Å². The first-order valence-corrected chi connectivity index (χ1v) is 6.53. The molecular weight excluding hydrogens is 216 g/mol. The highest BCUT2D eigenvalue weighted by atomic mass is 16.7. The zero-order valence-corrected chi connectivity index (χ0v) is 11.2. The highest BCUT2D eigenvalue weighted by Gasteiger charge is 2.36. The molecule has 1 unspecified atom stereocenters. The van der Waals surface area contributed by atoms with Crippen LogP contribution < -0.4 is 0 Å². The lowest BCUT2D eigenvalue weighted by Crippen LogP contribution is -2.29. The Labute approximate surface area is 104 Å². The molecule has 0 aromatic carbocycles. The topological polar surface area (TPSA) is 38.7 Å². The highest BCUT2D eigenvalue weighted by molar-refractivity contribution is 5.07. The Morgan fingerprint density at radius 1 is 1.35 bits per heavy atom. The monoisotopic (exact) mass is 240 g/mol. The van der Waals surface area contributed by atoms with Gasteiger partial charge in [-0.3, -0.25) is 0 Å². The van der Waals surface area contributed by atoms with Crippen molar-refractivity contribution in [1.29, 1.82) is 0 Å². The molecule has 0 radical (unpaired) electrons. The van der Waals surface area contributed by atoms with Gasteiger partial charge in [-0.2, -0.15) is 0 Å². The van der Waals surface area contributed by atoms with E-state index in [0.717, 1.165) is 12.8 Å². The van der Waals surface area contributed by atoms with Crippen LogP contribution in [0.3, 0.4) is 0 Å². The average molecular weight is 240 g/mol. The quantitative estimate of drug-likeness (QED) is 0.592. The molecule has 1 aliphatic rings. The number of aliphatic hydroxyl groups excluding tert-OH is 1. The Hall–Kier alpha value is -0.560. The normalized spacial score (nSPS) is 24.1. The summed E-state index contributed by atoms with van der Waals surface area (Å²) in [5.41, 5.74) is 0. The van der Waals surface area contributed by atoms with Gasteiger partial charge in [0.1, 0.15) is 12.2 Å². The largest absolute Gasteiger partial charge is 0.378 e. The molecule has 3 nitrogen and oxygen atoms in total. The summed E-state index contributed by atoms with van der Waals surface area (Å²) in [7, 11) is 0. The van der Waals surface area contributed by atoms with Crippen molar-refractivity contribution in [2.45, 2.75) is 70.9 Å². The maximum atomic E-state index is 9.81. The molecule has 0 amide bonds. The van der Waals surface area contributed by atoms with Crippen molar-refractivity contribution in [1.82, 2.24) is 0 Å². The molecule has 0 aliphatic carbocycles. The van der Waals surface area contributed by atoms with Crippen molar-refractivity contribution < 1.29 is 14.6 Å². The first kappa shape index (κ1) is 14.5. The van der Waals surface area contributed by atoms with Crippen LogP contribution in [0.15, 0.2) is 0 Å². The standard InChI is InChI=1S/C14H24O3/c1-4-5-6-7-8-9-10-12(15)13-11-16-14(2,3)17-13/h12-13,15H,4-8,11H2,1-3H3/t12?,13-/m1/s1. The Morgan fingerprint density at radius 2 is 2.12 bits per heavy atom. The van der Waals surface area contributed by atoms with E-state index in [-0.39, 0.29) is 6.10 Å². The van der Waals surface area contributed by atoms with Gasteiger partial charge < -0.3 is 14.6 Å². The van der Waals surface area contributed by atoms with Gasteiger partial charge in [-0.15, -0.1) is 5.92 Å². The Bertz CT molecular complexity index is 275. The van der Waals surface area contributed by atoms with Crippen molar-refractivity contribution in [3.05, 3.63) is 0 Å². The van der Waals surface area contributed by atoms with Crippen molar-refractivity contribution in [3.8, 4) is 11.8 Å². The Balaban J connectivity index is 2.20. The first-order chi connectivity index (χ1) is 8.05. The smallest absolute Gasteiger partial charge is 0.163 e. The highest BCUT2D eigenvalue weighted by Crippen LogP contribution is 2.23. The molecule has 1 saturated heterocycles. The van der Waals surface area contributed by atoms with Crippen LogP contribution in [0.5, 0.6) is 0 Å². The minimum Gasteiger partial charge on any atom is -0.378 e. The molecule has 1 rings (SSSR count). The van der Waals surface area contributed by atoms with E-state index in [1.807, 2.05) is 13.8 Å². The van der Waals surface area contributed by atoms with Gasteiger partial charge in [-0.05, 0) is 20.3 Å². The van der Waals surface area contributed by atoms with E-state index in [0.29, 0.717) is 6.61 Å². The van der Waals surface area contributed by atoms with E-state index < -0.39 is 11.9 Å². The third-order valence-electron chi connectivity index (χ3n) is 2.79. The molecular formula is C14H24O3. The summed E-state index contributed by atoms with van der Waals surface area (Å²) in [6, 6.07) is 0. The summed E-state index contributed by atoms with van der Waals surface area (Å²) in [6.07, 6.45) is 4.64. The zero-order chi connectivity index (χ0) is 12.7. The Morgan fingerprint density at radius 3 is 2.71 bits per heavy atom. The minimum atomic E-state index is -0.733. The summed E-state index contributed by atoms with van der Waals surface area (Å²) in [6.45, 7) is 6.29. The molecule has 0 saturated carbocycles. The van der Waals surface area contributed by atoms with Gasteiger partial charge in [-0.1, -0.05) is 32.1 Å². The first-order valence-electron chi connectivity index (χ1n) is 6.53. The molecule has 0 spiro atoms. The van der Waals surface area contributed by atoms with Gasteiger partial charge in [0.2, 0.25) is 0 Å². The lowest BCUT2D eigenvalue weighted by Gasteiger charge is -2.17. The van der Waals surface area contributed by atoms with Gasteiger partial charge >= 0.3 is 0 Å². The fourth-order valence-electron chi connectivity index (χ4n) is 1.78. The number of rotatable bonds is 5. The van der Waals surface area contributed by atoms with Crippen LogP contribution >= 0.6 is 0 Å². The van der Waals surface area contributed by atoms with E-state index in [1.165, 1.54) is 19.3 Å². The summed E-state index contributed by atoms with van der Waals surface area (Å²) >= 11 is 0. The molecule has 1 fully saturated rings. The van der Waals surface area contributed by atoms with Crippen LogP contribution in [-0.2, 0) is 9.47 Å². The molecule has 17 heavy (non-hydrogen) atoms. The third-order valence-corrected chi connectivity index (χ3v) is 2.79. The van der Waals surface area contributed by atoms with Crippen molar-refractivity contribution in [2.75, 3.05) is 6.61 Å². The van der Waals surface area contributed by atoms with E-state index >= 15 is 0 Å². The van der Waals surface area contributed by atoms with Crippen LogP contribution in [0.25, 0.3) is 0 Å². The molecule has 0 aromatic rings. The van der Waals surface area contributed by atoms with Crippen molar-refractivity contribution >= 4 is 0 Å². The van der Waals surface area contributed by atoms with Gasteiger partial charge in [-0.25, -0.2) is 0 Å². The zero-order valence-electron chi connectivity index (χ0n) is 11.2. The second-order valence-corrected chi connectivity index (χ2v) is 4.94.